The predicted octanol–water partition coefficient (Wildman–Crippen LogP) is 0.933. The van der Waals surface area contributed by atoms with E-state index >= 15 is 0 Å². The van der Waals surface area contributed by atoms with Gasteiger partial charge in [0.2, 0.25) is 5.43 Å². The van der Waals surface area contributed by atoms with E-state index in [4.69, 9.17) is 4.42 Å². The smallest absolute Gasteiger partial charge is 0.257 e. The highest BCUT2D eigenvalue weighted by Crippen LogP contribution is 2.12. The molecule has 27 heavy (non-hydrogen) atoms. The van der Waals surface area contributed by atoms with Crippen LogP contribution in [0.1, 0.15) is 34.8 Å². The van der Waals surface area contributed by atoms with Gasteiger partial charge in [0.15, 0.2) is 11.8 Å². The molecule has 2 N–H and O–H groups in total. The monoisotopic (exact) mass is 369 g/mol. The molecular weight excluding hydrogens is 344 g/mol. The van der Waals surface area contributed by atoms with Crippen molar-refractivity contribution in [2.75, 3.05) is 20.6 Å². The van der Waals surface area contributed by atoms with E-state index in [9.17, 15) is 9.59 Å². The van der Waals surface area contributed by atoms with Crippen molar-refractivity contribution in [2.24, 2.45) is 0 Å². The van der Waals surface area contributed by atoms with Crippen LogP contribution in [-0.2, 0) is 6.54 Å². The molecule has 0 aliphatic carbocycles. The Morgan fingerprint density at radius 1 is 1.33 bits per heavy atom. The Kier molecular flexibility index (Phi) is 5.41. The number of furan rings is 1. The van der Waals surface area contributed by atoms with Gasteiger partial charge in [-0.25, -0.2) is 4.98 Å². The van der Waals surface area contributed by atoms with Gasteiger partial charge >= 0.3 is 0 Å². The Balaban J connectivity index is 1.90. The average molecular weight is 369 g/mol. The van der Waals surface area contributed by atoms with Crippen molar-refractivity contribution >= 4 is 16.9 Å². The Labute approximate surface area is 157 Å². The maximum Gasteiger partial charge on any atom is 0.257 e. The number of carbonyl (C=O) groups excluding carboxylic acids is 1. The highest BCUT2D eigenvalue weighted by molar-refractivity contribution is 5.96. The first-order chi connectivity index (χ1) is 12.9. The molecule has 1 atom stereocenters. The molecule has 0 unspecified atom stereocenters. The number of likely N-dealkylation sites (N-methyl/N-ethyl adjacent to an activating group) is 1. The van der Waals surface area contributed by atoms with Crippen molar-refractivity contribution in [2.45, 2.75) is 26.4 Å². The standard InChI is InChI=1S/C20H24N4O3/c1-5-24-12-15(18(25)14-9-8-13(2)22-19(14)24)20(26)21-11-16(23(3)4)17-7-6-10-27-17/h6-10,12,16H,5,11H2,1-4H3,(H,21,26)/p+1/t16-/m1/s1. The fourth-order valence-corrected chi connectivity index (χ4v) is 3.13. The average Bonchev–Trinajstić information content (AvgIpc) is 3.16. The SMILES string of the molecule is CCn1cc(C(=O)NC[C@H](c2ccco2)[NH+](C)C)c(=O)c2ccc(C)nc21. The second-order valence-corrected chi connectivity index (χ2v) is 6.84. The molecule has 0 fully saturated rings. The van der Waals surface area contributed by atoms with Gasteiger partial charge in [0, 0.05) is 18.4 Å². The summed E-state index contributed by atoms with van der Waals surface area (Å²) in [4.78, 5) is 31.1. The summed E-state index contributed by atoms with van der Waals surface area (Å²) in [6.45, 7) is 4.82. The van der Waals surface area contributed by atoms with Gasteiger partial charge in [-0.05, 0) is 38.1 Å². The van der Waals surface area contributed by atoms with Crippen LogP contribution in [0.15, 0.2) is 45.9 Å². The molecule has 0 aliphatic rings. The van der Waals surface area contributed by atoms with Gasteiger partial charge in [0.25, 0.3) is 5.91 Å². The fraction of sp³-hybridized carbons (Fsp3) is 0.350. The molecule has 1 amide bonds. The van der Waals surface area contributed by atoms with Gasteiger partial charge in [0.05, 0.1) is 32.3 Å². The Morgan fingerprint density at radius 3 is 2.74 bits per heavy atom. The number of hydrogen-bond donors (Lipinski definition) is 2. The van der Waals surface area contributed by atoms with E-state index in [2.05, 4.69) is 10.3 Å². The molecule has 3 rings (SSSR count). The lowest BCUT2D eigenvalue weighted by Crippen LogP contribution is -3.07. The number of carbonyl (C=O) groups is 1. The van der Waals surface area contributed by atoms with Crippen molar-refractivity contribution in [3.8, 4) is 0 Å². The third-order valence-corrected chi connectivity index (χ3v) is 4.70. The molecule has 0 bridgehead atoms. The lowest BCUT2D eigenvalue weighted by molar-refractivity contribution is -0.891. The third-order valence-electron chi connectivity index (χ3n) is 4.70. The lowest BCUT2D eigenvalue weighted by Gasteiger charge is -2.20. The van der Waals surface area contributed by atoms with Crippen molar-refractivity contribution in [1.82, 2.24) is 14.9 Å². The van der Waals surface area contributed by atoms with Crippen LogP contribution in [0.3, 0.4) is 0 Å². The number of rotatable bonds is 6. The van der Waals surface area contributed by atoms with Crippen molar-refractivity contribution in [3.63, 3.8) is 0 Å². The molecule has 0 radical (unpaired) electrons. The maximum atomic E-state index is 12.8. The highest BCUT2D eigenvalue weighted by atomic mass is 16.3. The molecule has 7 nitrogen and oxygen atoms in total. The van der Waals surface area contributed by atoms with Gasteiger partial charge in [-0.1, -0.05) is 0 Å². The van der Waals surface area contributed by atoms with E-state index < -0.39 is 0 Å². The Morgan fingerprint density at radius 2 is 2.11 bits per heavy atom. The van der Waals surface area contributed by atoms with Gasteiger partial charge in [0.1, 0.15) is 11.2 Å². The summed E-state index contributed by atoms with van der Waals surface area (Å²) in [6, 6.07) is 7.19. The molecular formula is C20H25N4O3+. The summed E-state index contributed by atoms with van der Waals surface area (Å²) in [7, 11) is 3.99. The molecule has 0 saturated heterocycles. The number of hydrogen-bond acceptors (Lipinski definition) is 4. The van der Waals surface area contributed by atoms with Crippen LogP contribution in [0, 0.1) is 6.92 Å². The second-order valence-electron chi connectivity index (χ2n) is 6.84. The topological polar surface area (TPSA) is 81.6 Å². The van der Waals surface area contributed by atoms with Crippen molar-refractivity contribution in [3.05, 3.63) is 64.0 Å². The molecule has 0 aromatic carbocycles. The first-order valence-corrected chi connectivity index (χ1v) is 9.04. The van der Waals surface area contributed by atoms with E-state index in [1.165, 1.54) is 0 Å². The number of aromatic nitrogens is 2. The van der Waals surface area contributed by atoms with Crippen LogP contribution in [0.25, 0.3) is 11.0 Å². The summed E-state index contributed by atoms with van der Waals surface area (Å²) in [5.41, 5.74) is 1.26. The molecule has 142 valence electrons. The van der Waals surface area contributed by atoms with Crippen LogP contribution in [0.4, 0.5) is 0 Å². The van der Waals surface area contributed by atoms with Crippen LogP contribution in [0.2, 0.25) is 0 Å². The number of fused-ring (bicyclic) bond motifs is 1. The van der Waals surface area contributed by atoms with E-state index in [1.54, 1.807) is 24.6 Å². The van der Waals surface area contributed by atoms with E-state index in [0.717, 1.165) is 16.4 Å². The normalized spacial score (nSPS) is 12.5. The minimum atomic E-state index is -0.387. The zero-order valence-electron chi connectivity index (χ0n) is 16.1. The van der Waals surface area contributed by atoms with Gasteiger partial charge in [-0.2, -0.15) is 0 Å². The maximum absolute atomic E-state index is 12.8. The highest BCUT2D eigenvalue weighted by Gasteiger charge is 2.23. The molecule has 3 aromatic heterocycles. The van der Waals surface area contributed by atoms with Crippen LogP contribution >= 0.6 is 0 Å². The molecule has 0 aliphatic heterocycles. The predicted molar refractivity (Wildman–Crippen MR) is 103 cm³/mol. The summed E-state index contributed by atoms with van der Waals surface area (Å²) in [5, 5.41) is 3.34. The number of aryl methyl sites for hydroxylation is 2. The van der Waals surface area contributed by atoms with E-state index in [-0.39, 0.29) is 22.9 Å². The number of nitrogens with zero attached hydrogens (tertiary/aromatic N) is 2. The van der Waals surface area contributed by atoms with Crippen LogP contribution in [-0.4, -0.2) is 36.1 Å². The number of amides is 1. The first-order valence-electron chi connectivity index (χ1n) is 9.04. The van der Waals surface area contributed by atoms with Crippen LogP contribution in [0.5, 0.6) is 0 Å². The molecule has 3 aromatic rings. The largest absolute Gasteiger partial charge is 0.463 e. The quantitative estimate of drug-likeness (QED) is 0.677. The summed E-state index contributed by atoms with van der Waals surface area (Å²) < 4.78 is 7.31. The zero-order chi connectivity index (χ0) is 19.6. The molecule has 0 saturated carbocycles. The fourth-order valence-electron chi connectivity index (χ4n) is 3.13. The van der Waals surface area contributed by atoms with Crippen molar-refractivity contribution < 1.29 is 14.1 Å². The van der Waals surface area contributed by atoms with E-state index in [0.29, 0.717) is 24.1 Å². The van der Waals surface area contributed by atoms with Gasteiger partial charge in [-0.15, -0.1) is 0 Å². The van der Waals surface area contributed by atoms with E-state index in [1.807, 2.05) is 44.6 Å². The van der Waals surface area contributed by atoms with Crippen LogP contribution < -0.4 is 15.6 Å². The number of nitrogens with one attached hydrogen (secondary N) is 2. The molecule has 3 heterocycles. The van der Waals surface area contributed by atoms with Crippen molar-refractivity contribution in [1.29, 1.82) is 0 Å². The third kappa shape index (κ3) is 3.78. The van der Waals surface area contributed by atoms with Gasteiger partial charge in [-0.3, -0.25) is 9.59 Å². The first kappa shape index (κ1) is 18.8. The van der Waals surface area contributed by atoms with Gasteiger partial charge < -0.3 is 19.2 Å². The molecule has 7 heteroatoms. The Bertz CT molecular complexity index is 1010. The summed E-state index contributed by atoms with van der Waals surface area (Å²) in [6.07, 6.45) is 3.21. The summed E-state index contributed by atoms with van der Waals surface area (Å²) >= 11 is 0. The summed E-state index contributed by atoms with van der Waals surface area (Å²) in [5.74, 6) is 0.405. The zero-order valence-corrected chi connectivity index (χ0v) is 16.1. The Hall–Kier alpha value is -2.93. The minimum absolute atomic E-state index is 0.0397. The second kappa shape index (κ2) is 7.75. The lowest BCUT2D eigenvalue weighted by atomic mass is 10.1. The minimum Gasteiger partial charge on any atom is -0.463 e. The number of pyridine rings is 2. The number of quaternary nitrogens is 1. The molecule has 0 spiro atoms.